The normalized spacial score (nSPS) is 32.0. The molecule has 1 aromatic rings. The fourth-order valence-corrected chi connectivity index (χ4v) is 6.17. The monoisotopic (exact) mass is 535 g/mol. The van der Waals surface area contributed by atoms with Gasteiger partial charge in [0.05, 0.1) is 9.30 Å². The van der Waals surface area contributed by atoms with Crippen LogP contribution in [0.4, 0.5) is 14.6 Å². The molecule has 0 aliphatic carbocycles. The van der Waals surface area contributed by atoms with E-state index in [4.69, 9.17) is 23.0 Å². The van der Waals surface area contributed by atoms with Gasteiger partial charge in [0.25, 0.3) is 7.23 Å². The highest BCUT2D eigenvalue weighted by Gasteiger charge is 2.59. The van der Waals surface area contributed by atoms with E-state index in [1.54, 1.807) is 0 Å². The SMILES string of the molecule is [2H]C([2H])(OP(=O)(O)OP(=O)(O)OP(O)(O)=P)[C@H]1O[C@@H](n2ccc(N)nc2=O)C(F)(CF)[C@H]1O. The lowest BCUT2D eigenvalue weighted by Gasteiger charge is -2.26. The van der Waals surface area contributed by atoms with Gasteiger partial charge in [-0.05, 0) is 14.6 Å². The molecule has 21 heteroatoms. The standard InChI is InChI=1S/C10H17F2N3O12P4/c11-4-10(12)7(16)5(25-8(10)15-2-1-6(13)14-9(15)17)3-24-29(18,19)26-30(20,21)27-31(22,23)28/h1-2,5,7-8,16,22-23,28H,3-4H2,(H,18,19)(H,20,21)(H2,13,14,17)/t5-,7+,8-,10?/m1/s1/i3D2. The van der Waals surface area contributed by atoms with E-state index in [1.165, 1.54) is 0 Å². The zero-order valence-electron chi connectivity index (χ0n) is 16.8. The second-order valence-corrected chi connectivity index (χ2v) is 12.0. The molecule has 7 N–H and O–H groups in total. The van der Waals surface area contributed by atoms with Crippen molar-refractivity contribution >= 4 is 37.2 Å². The molecule has 2 rings (SSSR count). The van der Waals surface area contributed by atoms with Gasteiger partial charge in [-0.25, -0.2) is 27.0 Å². The molecule has 0 saturated carbocycles. The number of nitrogens with zero attached hydrogens (tertiary/aromatic N) is 2. The minimum atomic E-state index is -6.00. The summed E-state index contributed by atoms with van der Waals surface area (Å²) in [5.41, 5.74) is 0.496. The maximum atomic E-state index is 15.2. The number of nitrogens with two attached hydrogens (primary N) is 1. The zero-order chi connectivity index (χ0) is 25.6. The van der Waals surface area contributed by atoms with Crippen LogP contribution in [0, 0.1) is 0 Å². The fraction of sp³-hybridized carbons (Fsp3) is 0.600. The first-order chi connectivity index (χ1) is 14.7. The van der Waals surface area contributed by atoms with Crippen molar-refractivity contribution in [2.75, 3.05) is 19.0 Å². The predicted octanol–water partition coefficient (Wildman–Crippen LogP) is -0.183. The summed E-state index contributed by atoms with van der Waals surface area (Å²) in [5.74, 6) is -0.315. The quantitative estimate of drug-likeness (QED) is 0.225. The maximum Gasteiger partial charge on any atom is 0.488 e. The first-order valence-electron chi connectivity index (χ1n) is 8.55. The van der Waals surface area contributed by atoms with E-state index in [9.17, 15) is 33.2 Å². The van der Waals surface area contributed by atoms with Gasteiger partial charge in [-0.2, -0.15) is 9.29 Å². The van der Waals surface area contributed by atoms with E-state index in [0.717, 1.165) is 12.3 Å². The average molecular weight is 535 g/mol. The van der Waals surface area contributed by atoms with Gasteiger partial charge >= 0.3 is 21.3 Å². The fourth-order valence-electron chi connectivity index (χ4n) is 2.29. The van der Waals surface area contributed by atoms with Crippen LogP contribution in [0.3, 0.4) is 0 Å². The number of ether oxygens (including phenoxy) is 1. The van der Waals surface area contributed by atoms with Crippen LogP contribution in [0.2, 0.25) is 0 Å². The smallest absolute Gasteiger partial charge is 0.387 e. The molecule has 178 valence electrons. The van der Waals surface area contributed by atoms with Gasteiger partial charge in [-0.3, -0.25) is 9.09 Å². The van der Waals surface area contributed by atoms with Gasteiger partial charge in [0.2, 0.25) is 5.67 Å². The van der Waals surface area contributed by atoms with Gasteiger partial charge in [0.15, 0.2) is 6.23 Å². The van der Waals surface area contributed by atoms with Crippen LogP contribution in [0.25, 0.3) is 0 Å². The van der Waals surface area contributed by atoms with Gasteiger partial charge < -0.3 is 35.2 Å². The Balaban J connectivity index is 2.34. The van der Waals surface area contributed by atoms with Crippen LogP contribution in [0.5, 0.6) is 0 Å². The van der Waals surface area contributed by atoms with Crippen molar-refractivity contribution in [1.82, 2.24) is 9.55 Å². The first kappa shape index (κ1) is 23.5. The Morgan fingerprint density at radius 2 is 1.97 bits per heavy atom. The molecule has 0 spiro atoms. The number of aliphatic hydroxyl groups is 1. The summed E-state index contributed by atoms with van der Waals surface area (Å²) in [6, 6.07) is 0.970. The third-order valence-corrected chi connectivity index (χ3v) is 7.94. The molecule has 15 nitrogen and oxygen atoms in total. The average Bonchev–Trinajstić information content (AvgIpc) is 2.83. The molecule has 0 radical (unpaired) electrons. The van der Waals surface area contributed by atoms with Crippen LogP contribution in [-0.4, -0.2) is 65.3 Å². The molecule has 1 saturated heterocycles. The number of alkyl halides is 2. The Kier molecular flexibility index (Phi) is 7.07. The Bertz CT molecular complexity index is 1110. The number of hydrogen-bond acceptors (Lipinski definition) is 10. The number of rotatable bonds is 9. The number of nitrogen functional groups attached to an aromatic ring is 1. The topological polar surface area (TPSA) is 233 Å². The Morgan fingerprint density at radius 3 is 2.48 bits per heavy atom. The lowest BCUT2D eigenvalue weighted by molar-refractivity contribution is -0.0730. The maximum absolute atomic E-state index is 15.2. The number of halogens is 2. The zero-order valence-corrected chi connectivity index (χ0v) is 18.4. The molecular formula is C10H17F2N3O12P4. The van der Waals surface area contributed by atoms with Crippen LogP contribution >= 0.6 is 31.4 Å². The molecule has 0 bridgehead atoms. The van der Waals surface area contributed by atoms with Crippen molar-refractivity contribution in [2.45, 2.75) is 24.1 Å². The van der Waals surface area contributed by atoms with E-state index in [-0.39, 0.29) is 5.82 Å². The minimum absolute atomic E-state index is 0.315. The van der Waals surface area contributed by atoms with E-state index < -0.39 is 65.9 Å². The molecule has 6 atom stereocenters. The van der Waals surface area contributed by atoms with Crippen molar-refractivity contribution in [1.29, 1.82) is 0 Å². The lowest BCUT2D eigenvalue weighted by Crippen LogP contribution is -2.47. The van der Waals surface area contributed by atoms with Crippen LogP contribution < -0.4 is 11.4 Å². The Morgan fingerprint density at radius 1 is 1.35 bits per heavy atom. The van der Waals surface area contributed by atoms with Crippen LogP contribution in [-0.2, 0) is 27.0 Å². The highest BCUT2D eigenvalue weighted by Crippen LogP contribution is 2.67. The van der Waals surface area contributed by atoms with Crippen LogP contribution in [0.1, 0.15) is 8.97 Å². The summed E-state index contributed by atoms with van der Waals surface area (Å²) >= 11 is 0. The van der Waals surface area contributed by atoms with E-state index in [0.29, 0.717) is 4.57 Å². The molecule has 31 heavy (non-hydrogen) atoms. The van der Waals surface area contributed by atoms with Crippen molar-refractivity contribution in [3.05, 3.63) is 22.7 Å². The third-order valence-electron chi connectivity index (χ3n) is 3.48. The number of anilines is 1. The minimum Gasteiger partial charge on any atom is -0.387 e. The van der Waals surface area contributed by atoms with Crippen LogP contribution in [0.15, 0.2) is 17.1 Å². The Labute approximate surface area is 176 Å². The molecule has 1 fully saturated rings. The summed E-state index contributed by atoms with van der Waals surface area (Å²) in [7, 11) is -14.4. The predicted molar refractivity (Wildman–Crippen MR) is 100 cm³/mol. The van der Waals surface area contributed by atoms with Crippen molar-refractivity contribution < 1.29 is 63.2 Å². The van der Waals surface area contributed by atoms with E-state index >= 15 is 4.39 Å². The largest absolute Gasteiger partial charge is 0.488 e. The van der Waals surface area contributed by atoms with E-state index in [1.807, 2.05) is 0 Å². The van der Waals surface area contributed by atoms with Crippen molar-refractivity contribution in [3.63, 3.8) is 0 Å². The molecule has 1 aliphatic rings. The number of phosphoric ester groups is 1. The summed E-state index contributed by atoms with van der Waals surface area (Å²) < 4.78 is 84.4. The molecule has 2 heterocycles. The van der Waals surface area contributed by atoms with E-state index in [2.05, 4.69) is 26.7 Å². The van der Waals surface area contributed by atoms with Gasteiger partial charge in [0, 0.05) is 6.20 Å². The number of phosphoric acid groups is 2. The molecule has 1 aliphatic heterocycles. The van der Waals surface area contributed by atoms with Crippen molar-refractivity contribution in [2.24, 2.45) is 0 Å². The Hall–Kier alpha value is -0.630. The highest BCUT2D eigenvalue weighted by molar-refractivity contribution is 7.91. The number of hydrogen-bond donors (Lipinski definition) is 6. The lowest BCUT2D eigenvalue weighted by atomic mass is 9.97. The molecular weight excluding hydrogens is 516 g/mol. The second kappa shape index (κ2) is 9.32. The summed E-state index contributed by atoms with van der Waals surface area (Å²) in [6.07, 6.45) is -6.98. The highest BCUT2D eigenvalue weighted by atomic mass is 31.8. The summed E-state index contributed by atoms with van der Waals surface area (Å²) in [6.45, 7) is -5.80. The van der Waals surface area contributed by atoms with Gasteiger partial charge in [-0.1, -0.05) is 0 Å². The molecule has 0 amide bonds. The molecule has 0 aromatic carbocycles. The third kappa shape index (κ3) is 6.68. The first-order valence-corrected chi connectivity index (χ1v) is 13.5. The molecule has 3 unspecified atom stereocenters. The second-order valence-electron chi connectivity index (χ2n) is 5.81. The number of aromatic nitrogens is 2. The van der Waals surface area contributed by atoms with Crippen molar-refractivity contribution in [3.8, 4) is 0 Å². The van der Waals surface area contributed by atoms with Gasteiger partial charge in [0.1, 0.15) is 24.7 Å². The van der Waals surface area contributed by atoms with Gasteiger partial charge in [-0.15, -0.1) is 0 Å². The molecule has 1 aromatic heterocycles. The summed E-state index contributed by atoms with van der Waals surface area (Å²) in [4.78, 5) is 52.0. The summed E-state index contributed by atoms with van der Waals surface area (Å²) in [5, 5.41) is 10.2. The number of aliphatic hydroxyl groups excluding tert-OH is 1.